The number of alkyl halides is 1. The van der Waals surface area contributed by atoms with Gasteiger partial charge < -0.3 is 42.6 Å². The molecule has 2 fully saturated rings. The summed E-state index contributed by atoms with van der Waals surface area (Å²) < 4.78 is 63.1. The first-order valence-corrected chi connectivity index (χ1v) is 12.7. The summed E-state index contributed by atoms with van der Waals surface area (Å²) in [6.45, 7) is 4.83. The number of ether oxygens (including phenoxy) is 9. The molecule has 0 saturated carbocycles. The highest BCUT2D eigenvalue weighted by Crippen LogP contribution is 2.35. The minimum absolute atomic E-state index is 0.572. The normalized spacial score (nSPS) is 31.8. The zero-order valence-electron chi connectivity index (χ0n) is 24.0. The molecule has 4 unspecified atom stereocenters. The molecule has 2 aliphatic rings. The zero-order chi connectivity index (χ0) is 32.4. The maximum atomic E-state index is 15.1. The third-order valence-electron chi connectivity index (χ3n) is 5.78. The van der Waals surface area contributed by atoms with Crippen molar-refractivity contribution in [1.29, 1.82) is 0 Å². The van der Waals surface area contributed by atoms with Crippen molar-refractivity contribution < 1.29 is 75.8 Å². The SMILES string of the molecule is CC(=O)OCC1O[C@@H](O[C@H]2C(COC(C)=O)O[C@@H](F)C(OC(C)=O)[C@H]2OC(C)=O)C(OC(C)=O)[C@@H](OC(C)=O)[C@H]1N=[N+]=[N-]. The van der Waals surface area contributed by atoms with Gasteiger partial charge in [-0.25, -0.2) is 4.39 Å². The molecule has 10 atom stereocenters. The van der Waals surface area contributed by atoms with Crippen molar-refractivity contribution in [1.82, 2.24) is 0 Å². The number of hydrogen-bond donors (Lipinski definition) is 0. The lowest BCUT2D eigenvalue weighted by Gasteiger charge is -2.47. The fourth-order valence-electron chi connectivity index (χ4n) is 4.34. The Hall–Kier alpha value is -4.06. The highest BCUT2D eigenvalue weighted by molar-refractivity contribution is 5.68. The molecular formula is C24H32FN3O15. The van der Waals surface area contributed by atoms with Crippen molar-refractivity contribution in [2.45, 2.75) is 103 Å². The van der Waals surface area contributed by atoms with E-state index in [0.29, 0.717) is 0 Å². The summed E-state index contributed by atoms with van der Waals surface area (Å²) >= 11 is 0. The fraction of sp³-hybridized carbons (Fsp3) is 0.750. The molecule has 0 aromatic heterocycles. The Morgan fingerprint density at radius 3 is 1.60 bits per heavy atom. The smallest absolute Gasteiger partial charge is 0.303 e. The number of carbonyl (C=O) groups excluding carboxylic acids is 6. The molecule has 2 rings (SSSR count). The highest BCUT2D eigenvalue weighted by Gasteiger charge is 2.56. The summed E-state index contributed by atoms with van der Waals surface area (Å²) in [5.74, 6) is -5.36. The first kappa shape index (κ1) is 35.1. The van der Waals surface area contributed by atoms with E-state index in [4.69, 9.17) is 42.6 Å². The summed E-state index contributed by atoms with van der Waals surface area (Å²) in [5.41, 5.74) is 9.18. The van der Waals surface area contributed by atoms with E-state index in [-0.39, 0.29) is 0 Å². The quantitative estimate of drug-likeness (QED) is 0.0993. The van der Waals surface area contributed by atoms with Gasteiger partial charge in [0.2, 0.25) is 6.36 Å². The molecule has 0 N–H and O–H groups in total. The fourth-order valence-corrected chi connectivity index (χ4v) is 4.34. The Labute approximate surface area is 243 Å². The van der Waals surface area contributed by atoms with Gasteiger partial charge in [0.1, 0.15) is 37.6 Å². The molecule has 0 aromatic carbocycles. The molecule has 18 nitrogen and oxygen atoms in total. The molecular weight excluding hydrogens is 589 g/mol. The van der Waals surface area contributed by atoms with E-state index < -0.39 is 110 Å². The minimum Gasteiger partial charge on any atom is -0.463 e. The number of nitrogens with zero attached hydrogens (tertiary/aromatic N) is 3. The molecule has 2 saturated heterocycles. The molecule has 2 heterocycles. The summed E-state index contributed by atoms with van der Waals surface area (Å²) in [7, 11) is 0. The van der Waals surface area contributed by atoms with Gasteiger partial charge in [0.05, 0.1) is 0 Å². The monoisotopic (exact) mass is 621 g/mol. The molecule has 240 valence electrons. The molecule has 19 heteroatoms. The van der Waals surface area contributed by atoms with Crippen molar-refractivity contribution in [3.63, 3.8) is 0 Å². The molecule has 0 radical (unpaired) electrons. The molecule has 43 heavy (non-hydrogen) atoms. The van der Waals surface area contributed by atoms with Gasteiger partial charge in [-0.15, -0.1) is 0 Å². The Balaban J connectivity index is 2.65. The van der Waals surface area contributed by atoms with Crippen LogP contribution in [0.25, 0.3) is 10.4 Å². The molecule has 0 amide bonds. The van der Waals surface area contributed by atoms with Crippen LogP contribution in [-0.2, 0) is 71.4 Å². The van der Waals surface area contributed by atoms with Gasteiger partial charge in [-0.2, -0.15) is 0 Å². The summed E-state index contributed by atoms with van der Waals surface area (Å²) in [5, 5.41) is 3.57. The van der Waals surface area contributed by atoms with E-state index >= 15 is 4.39 Å². The standard InChI is InChI=1S/C24H32FN3O15/c1-9(29)35-7-15-17(27-28-26)19(37-11(3)31)22(40-14(6)34)24(42-15)43-18-16(8-36-10(2)30)41-23(25)21(39-13(5)33)20(18)38-12(4)32/h15-24H,7-8H2,1-6H3/t15?,16?,17-,18-,19-,20-,21?,22?,23+,24-/m0/s1. The van der Waals surface area contributed by atoms with Crippen LogP contribution in [0.3, 0.4) is 0 Å². The van der Waals surface area contributed by atoms with Gasteiger partial charge >= 0.3 is 35.8 Å². The summed E-state index contributed by atoms with van der Waals surface area (Å²) in [6, 6.07) is -1.44. The third-order valence-corrected chi connectivity index (χ3v) is 5.78. The lowest BCUT2D eigenvalue weighted by atomic mass is 9.95. The number of halogens is 1. The van der Waals surface area contributed by atoms with Gasteiger partial charge in [-0.05, 0) is 5.53 Å². The average molecular weight is 622 g/mol. The van der Waals surface area contributed by atoms with Gasteiger partial charge in [0.25, 0.3) is 0 Å². The Bertz CT molecular complexity index is 1120. The van der Waals surface area contributed by atoms with Gasteiger partial charge in [-0.3, -0.25) is 28.8 Å². The van der Waals surface area contributed by atoms with Crippen molar-refractivity contribution in [3.05, 3.63) is 10.4 Å². The van der Waals surface area contributed by atoms with Crippen LogP contribution in [0, 0.1) is 0 Å². The van der Waals surface area contributed by atoms with E-state index in [1.807, 2.05) is 0 Å². The molecule has 0 aliphatic carbocycles. The van der Waals surface area contributed by atoms with Crippen molar-refractivity contribution in [2.75, 3.05) is 13.2 Å². The van der Waals surface area contributed by atoms with Crippen LogP contribution in [0.5, 0.6) is 0 Å². The van der Waals surface area contributed by atoms with Crippen LogP contribution < -0.4 is 0 Å². The highest BCUT2D eigenvalue weighted by atomic mass is 19.1. The lowest BCUT2D eigenvalue weighted by molar-refractivity contribution is -0.341. The second kappa shape index (κ2) is 16.0. The number of azide groups is 1. The predicted octanol–water partition coefficient (Wildman–Crippen LogP) is 0.323. The molecule has 0 spiro atoms. The Morgan fingerprint density at radius 2 is 1.12 bits per heavy atom. The Kier molecular flexibility index (Phi) is 13.0. The summed E-state index contributed by atoms with van der Waals surface area (Å²) in [6.07, 6.45) is -15.8. The second-order valence-electron chi connectivity index (χ2n) is 9.27. The largest absolute Gasteiger partial charge is 0.463 e. The number of carbonyl (C=O) groups is 6. The number of esters is 6. The van der Waals surface area contributed by atoms with Crippen molar-refractivity contribution >= 4 is 35.8 Å². The first-order chi connectivity index (χ1) is 20.1. The van der Waals surface area contributed by atoms with E-state index in [2.05, 4.69) is 10.0 Å². The van der Waals surface area contributed by atoms with Gasteiger partial charge in [0.15, 0.2) is 30.7 Å². The maximum absolute atomic E-state index is 15.1. The zero-order valence-corrected chi connectivity index (χ0v) is 24.0. The Morgan fingerprint density at radius 1 is 0.651 bits per heavy atom. The lowest BCUT2D eigenvalue weighted by Crippen LogP contribution is -2.66. The number of rotatable bonds is 11. The minimum atomic E-state index is -2.40. The average Bonchev–Trinajstić information content (AvgIpc) is 2.87. The topological polar surface area (TPSA) is 234 Å². The van der Waals surface area contributed by atoms with E-state index in [1.54, 1.807) is 0 Å². The van der Waals surface area contributed by atoms with E-state index in [1.165, 1.54) is 0 Å². The van der Waals surface area contributed by atoms with Crippen LogP contribution in [0.1, 0.15) is 41.5 Å². The van der Waals surface area contributed by atoms with Crippen LogP contribution in [-0.4, -0.2) is 110 Å². The maximum Gasteiger partial charge on any atom is 0.303 e. The van der Waals surface area contributed by atoms with Crippen molar-refractivity contribution in [3.8, 4) is 0 Å². The third kappa shape index (κ3) is 10.3. The van der Waals surface area contributed by atoms with Gasteiger partial charge in [-0.1, -0.05) is 5.11 Å². The molecule has 0 aromatic rings. The van der Waals surface area contributed by atoms with Gasteiger partial charge in [0, 0.05) is 46.5 Å². The van der Waals surface area contributed by atoms with Crippen LogP contribution in [0.2, 0.25) is 0 Å². The van der Waals surface area contributed by atoms with Crippen LogP contribution in [0.4, 0.5) is 4.39 Å². The van der Waals surface area contributed by atoms with E-state index in [9.17, 15) is 34.3 Å². The van der Waals surface area contributed by atoms with E-state index in [0.717, 1.165) is 41.5 Å². The molecule has 2 aliphatic heterocycles. The van der Waals surface area contributed by atoms with Crippen LogP contribution >= 0.6 is 0 Å². The summed E-state index contributed by atoms with van der Waals surface area (Å²) in [4.78, 5) is 73.7. The first-order valence-electron chi connectivity index (χ1n) is 12.7. The second-order valence-corrected chi connectivity index (χ2v) is 9.27. The van der Waals surface area contributed by atoms with Crippen LogP contribution in [0.15, 0.2) is 5.11 Å². The van der Waals surface area contributed by atoms with Crippen molar-refractivity contribution in [2.24, 2.45) is 5.11 Å². The number of hydrogen-bond acceptors (Lipinski definition) is 16. The molecule has 0 bridgehead atoms. The predicted molar refractivity (Wildman–Crippen MR) is 132 cm³/mol.